The van der Waals surface area contributed by atoms with Crippen molar-refractivity contribution >= 4 is 11.6 Å². The molecule has 0 fully saturated rings. The molecule has 0 aliphatic heterocycles. The first-order chi connectivity index (χ1) is 9.81. The van der Waals surface area contributed by atoms with Crippen LogP contribution in [0, 0.1) is 0 Å². The monoisotopic (exact) mass is 290 g/mol. The fraction of sp³-hybridized carbons (Fsp3) is 0.357. The topological polar surface area (TPSA) is 100 Å². The highest BCUT2D eigenvalue weighted by Gasteiger charge is 2.21. The van der Waals surface area contributed by atoms with E-state index < -0.39 is 5.91 Å². The lowest BCUT2D eigenvalue weighted by atomic mass is 9.96. The number of aromatic hydroxyl groups is 1. The Morgan fingerprint density at radius 3 is 2.62 bits per heavy atom. The summed E-state index contributed by atoms with van der Waals surface area (Å²) in [4.78, 5) is 16.2. The Morgan fingerprint density at radius 1 is 1.38 bits per heavy atom. The zero-order valence-electron chi connectivity index (χ0n) is 12.4. The average molecular weight is 290 g/mol. The number of aromatic amines is 1. The molecule has 21 heavy (non-hydrogen) atoms. The number of amides is 1. The molecule has 0 radical (unpaired) electrons. The Hall–Kier alpha value is -2.57. The Bertz CT molecular complexity index is 658. The van der Waals surface area contributed by atoms with Gasteiger partial charge in [0.25, 0.3) is 5.91 Å². The number of aromatic nitrogens is 3. The molecule has 1 aromatic heterocycles. The quantitative estimate of drug-likeness (QED) is 0.803. The van der Waals surface area contributed by atoms with Gasteiger partial charge >= 0.3 is 0 Å². The first kappa shape index (κ1) is 14.8. The van der Waals surface area contributed by atoms with E-state index in [1.165, 1.54) is 13.2 Å². The van der Waals surface area contributed by atoms with Crippen molar-refractivity contribution in [2.75, 3.05) is 12.4 Å². The van der Waals surface area contributed by atoms with Gasteiger partial charge in [0.2, 0.25) is 5.82 Å². The lowest BCUT2D eigenvalue weighted by Crippen LogP contribution is -2.16. The highest BCUT2D eigenvalue weighted by atomic mass is 16.5. The van der Waals surface area contributed by atoms with Crippen LogP contribution in [0.25, 0.3) is 0 Å². The number of anilines is 1. The van der Waals surface area contributed by atoms with E-state index in [0.29, 0.717) is 17.3 Å². The van der Waals surface area contributed by atoms with Gasteiger partial charge in [-0.15, -0.1) is 5.10 Å². The minimum Gasteiger partial charge on any atom is -0.504 e. The van der Waals surface area contributed by atoms with Crippen LogP contribution in [0.2, 0.25) is 0 Å². The number of ether oxygens (including phenoxy) is 1. The molecule has 0 bridgehead atoms. The number of rotatable bonds is 3. The highest BCUT2D eigenvalue weighted by molar-refractivity contribution is 6.01. The fourth-order valence-corrected chi connectivity index (χ4v) is 1.65. The second-order valence-electron chi connectivity index (χ2n) is 5.60. The number of carbonyl (C=O) groups excluding carboxylic acids is 1. The van der Waals surface area contributed by atoms with Gasteiger partial charge in [0.15, 0.2) is 11.5 Å². The average Bonchev–Trinajstić information content (AvgIpc) is 2.88. The number of H-pyrrole nitrogens is 1. The van der Waals surface area contributed by atoms with Crippen LogP contribution in [0.1, 0.15) is 37.2 Å². The van der Waals surface area contributed by atoms with Gasteiger partial charge in [-0.05, 0) is 12.1 Å². The van der Waals surface area contributed by atoms with Crippen LogP contribution >= 0.6 is 0 Å². The van der Waals surface area contributed by atoms with E-state index in [2.05, 4.69) is 20.5 Å². The predicted molar refractivity (Wildman–Crippen MR) is 77.7 cm³/mol. The molecule has 2 rings (SSSR count). The van der Waals surface area contributed by atoms with Crippen LogP contribution in [0.15, 0.2) is 18.2 Å². The summed E-state index contributed by atoms with van der Waals surface area (Å²) in [7, 11) is 1.45. The van der Waals surface area contributed by atoms with Gasteiger partial charge in [-0.1, -0.05) is 20.8 Å². The van der Waals surface area contributed by atoms with E-state index in [9.17, 15) is 9.90 Å². The molecule has 1 amide bonds. The molecule has 0 aliphatic carbocycles. The minimum absolute atomic E-state index is 0.0511. The van der Waals surface area contributed by atoms with Crippen molar-refractivity contribution in [3.05, 3.63) is 29.8 Å². The third kappa shape index (κ3) is 3.31. The summed E-state index contributed by atoms with van der Waals surface area (Å²) in [6.45, 7) is 5.91. The molecule has 112 valence electrons. The van der Waals surface area contributed by atoms with Gasteiger partial charge in [0.1, 0.15) is 5.82 Å². The van der Waals surface area contributed by atoms with Gasteiger partial charge in [0, 0.05) is 17.2 Å². The second-order valence-corrected chi connectivity index (χ2v) is 5.60. The summed E-state index contributed by atoms with van der Waals surface area (Å²) in [6, 6.07) is 4.57. The maximum absolute atomic E-state index is 12.1. The van der Waals surface area contributed by atoms with Crippen LogP contribution in [0.3, 0.4) is 0 Å². The standard InChI is InChI=1S/C14H18N4O3/c1-14(2,3)13-16-11(17-18-13)12(20)15-8-5-6-10(21-4)9(19)7-8/h5-7,19H,1-4H3,(H,15,20)(H,16,17,18). The number of nitrogens with one attached hydrogen (secondary N) is 2. The third-order valence-electron chi connectivity index (χ3n) is 2.84. The molecule has 7 nitrogen and oxygen atoms in total. The predicted octanol–water partition coefficient (Wildman–Crippen LogP) is 2.07. The summed E-state index contributed by atoms with van der Waals surface area (Å²) in [6.07, 6.45) is 0. The van der Waals surface area contributed by atoms with Crippen LogP contribution in [0.5, 0.6) is 11.5 Å². The van der Waals surface area contributed by atoms with Crippen molar-refractivity contribution in [1.29, 1.82) is 0 Å². The zero-order valence-corrected chi connectivity index (χ0v) is 12.4. The van der Waals surface area contributed by atoms with Crippen molar-refractivity contribution in [3.63, 3.8) is 0 Å². The van der Waals surface area contributed by atoms with Gasteiger partial charge in [-0.25, -0.2) is 4.98 Å². The first-order valence-corrected chi connectivity index (χ1v) is 6.42. The summed E-state index contributed by atoms with van der Waals surface area (Å²) < 4.78 is 4.94. The van der Waals surface area contributed by atoms with E-state index >= 15 is 0 Å². The van der Waals surface area contributed by atoms with E-state index in [1.807, 2.05) is 20.8 Å². The summed E-state index contributed by atoms with van der Waals surface area (Å²) >= 11 is 0. The van der Waals surface area contributed by atoms with E-state index in [4.69, 9.17) is 4.74 Å². The van der Waals surface area contributed by atoms with Gasteiger partial charge < -0.3 is 15.2 Å². The largest absolute Gasteiger partial charge is 0.504 e. The van der Waals surface area contributed by atoms with Crippen molar-refractivity contribution < 1.29 is 14.6 Å². The number of benzene rings is 1. The van der Waals surface area contributed by atoms with Gasteiger partial charge in [0.05, 0.1) is 7.11 Å². The van der Waals surface area contributed by atoms with Crippen molar-refractivity contribution in [2.45, 2.75) is 26.2 Å². The van der Waals surface area contributed by atoms with Crippen LogP contribution in [-0.4, -0.2) is 33.3 Å². The lowest BCUT2D eigenvalue weighted by molar-refractivity contribution is 0.101. The molecule has 3 N–H and O–H groups in total. The Morgan fingerprint density at radius 2 is 2.10 bits per heavy atom. The normalized spacial score (nSPS) is 11.2. The second kappa shape index (κ2) is 5.43. The van der Waals surface area contributed by atoms with Crippen molar-refractivity contribution in [2.24, 2.45) is 0 Å². The number of phenols is 1. The number of methoxy groups -OCH3 is 1. The molecule has 0 saturated heterocycles. The van der Waals surface area contributed by atoms with Crippen molar-refractivity contribution in [1.82, 2.24) is 15.2 Å². The Kier molecular flexibility index (Phi) is 3.84. The molecule has 0 atom stereocenters. The highest BCUT2D eigenvalue weighted by Crippen LogP contribution is 2.28. The number of carbonyl (C=O) groups is 1. The summed E-state index contributed by atoms with van der Waals surface area (Å²) in [5.74, 6) is 0.508. The van der Waals surface area contributed by atoms with Crippen LogP contribution < -0.4 is 10.1 Å². The van der Waals surface area contributed by atoms with Crippen molar-refractivity contribution in [3.8, 4) is 11.5 Å². The fourth-order valence-electron chi connectivity index (χ4n) is 1.65. The lowest BCUT2D eigenvalue weighted by Gasteiger charge is -2.12. The van der Waals surface area contributed by atoms with Crippen LogP contribution in [-0.2, 0) is 5.41 Å². The van der Waals surface area contributed by atoms with Gasteiger partial charge in [-0.3, -0.25) is 9.89 Å². The minimum atomic E-state index is -0.452. The van der Waals surface area contributed by atoms with E-state index in [1.54, 1.807) is 12.1 Å². The first-order valence-electron chi connectivity index (χ1n) is 6.42. The summed E-state index contributed by atoms with van der Waals surface area (Å²) in [5, 5.41) is 18.9. The third-order valence-corrected chi connectivity index (χ3v) is 2.84. The molecule has 0 spiro atoms. The maximum atomic E-state index is 12.1. The summed E-state index contributed by atoms with van der Waals surface area (Å²) in [5.41, 5.74) is 0.213. The van der Waals surface area contributed by atoms with Gasteiger partial charge in [-0.2, -0.15) is 0 Å². The Balaban J connectivity index is 2.14. The molecule has 0 saturated carbocycles. The number of nitrogens with zero attached hydrogens (tertiary/aromatic N) is 2. The molecular weight excluding hydrogens is 272 g/mol. The van der Waals surface area contributed by atoms with Crippen LogP contribution in [0.4, 0.5) is 5.69 Å². The number of hydrogen-bond acceptors (Lipinski definition) is 5. The molecule has 7 heteroatoms. The molecule has 1 heterocycles. The molecule has 0 unspecified atom stereocenters. The smallest absolute Gasteiger partial charge is 0.295 e. The Labute approximate surface area is 122 Å². The van der Waals surface area contributed by atoms with E-state index in [0.717, 1.165) is 0 Å². The number of hydrogen-bond donors (Lipinski definition) is 3. The number of phenolic OH excluding ortho intramolecular Hbond substituents is 1. The molecular formula is C14H18N4O3. The zero-order chi connectivity index (χ0) is 15.6. The molecule has 2 aromatic rings. The maximum Gasteiger partial charge on any atom is 0.295 e. The molecule has 1 aromatic carbocycles. The van der Waals surface area contributed by atoms with E-state index in [-0.39, 0.29) is 17.0 Å². The SMILES string of the molecule is COc1ccc(NC(=O)c2n[nH]c(C(C)(C)C)n2)cc1O. The molecule has 0 aliphatic rings.